The monoisotopic (exact) mass is 327 g/mol. The normalized spacial score (nSPS) is 20.2. The van der Waals surface area contributed by atoms with E-state index in [2.05, 4.69) is 15.4 Å². The van der Waals surface area contributed by atoms with Gasteiger partial charge in [-0.05, 0) is 31.9 Å². The Morgan fingerprint density at radius 1 is 1.25 bits per heavy atom. The van der Waals surface area contributed by atoms with E-state index >= 15 is 0 Å². The molecule has 1 unspecified atom stereocenters. The summed E-state index contributed by atoms with van der Waals surface area (Å²) < 4.78 is 1.68. The van der Waals surface area contributed by atoms with Gasteiger partial charge < -0.3 is 10.2 Å². The number of benzene rings is 1. The Morgan fingerprint density at radius 2 is 1.96 bits per heavy atom. The number of aromatic nitrogens is 3. The molecule has 1 saturated heterocycles. The van der Waals surface area contributed by atoms with Crippen LogP contribution in [0.3, 0.4) is 0 Å². The van der Waals surface area contributed by atoms with Crippen LogP contribution < -0.4 is 5.32 Å². The van der Waals surface area contributed by atoms with Crippen LogP contribution in [0, 0.1) is 0 Å². The molecule has 3 rings (SSSR count). The van der Waals surface area contributed by atoms with Crippen LogP contribution in [0.2, 0.25) is 0 Å². The SMILES string of the molecule is CNC(=O)C1(C)CCCN1C(=O)c1ccc(-c2ncnn2C)cc1. The lowest BCUT2D eigenvalue weighted by Crippen LogP contribution is -2.54. The van der Waals surface area contributed by atoms with Crippen molar-refractivity contribution < 1.29 is 9.59 Å². The van der Waals surface area contributed by atoms with E-state index in [0.717, 1.165) is 17.8 Å². The van der Waals surface area contributed by atoms with Gasteiger partial charge in [0.1, 0.15) is 11.9 Å². The van der Waals surface area contributed by atoms with Crippen molar-refractivity contribution in [2.75, 3.05) is 13.6 Å². The van der Waals surface area contributed by atoms with Gasteiger partial charge in [-0.25, -0.2) is 9.67 Å². The van der Waals surface area contributed by atoms with Crippen molar-refractivity contribution in [3.05, 3.63) is 36.2 Å². The molecule has 24 heavy (non-hydrogen) atoms. The lowest BCUT2D eigenvalue weighted by atomic mass is 9.97. The maximum Gasteiger partial charge on any atom is 0.254 e. The Bertz CT molecular complexity index is 768. The Balaban J connectivity index is 1.85. The highest BCUT2D eigenvalue weighted by Gasteiger charge is 2.45. The van der Waals surface area contributed by atoms with Gasteiger partial charge in [0.05, 0.1) is 0 Å². The highest BCUT2D eigenvalue weighted by atomic mass is 16.2. The summed E-state index contributed by atoms with van der Waals surface area (Å²) in [6, 6.07) is 7.25. The first-order valence-electron chi connectivity index (χ1n) is 7.96. The molecule has 7 heteroatoms. The summed E-state index contributed by atoms with van der Waals surface area (Å²) >= 11 is 0. The number of aryl methyl sites for hydroxylation is 1. The lowest BCUT2D eigenvalue weighted by Gasteiger charge is -2.33. The number of amides is 2. The second-order valence-electron chi connectivity index (χ2n) is 6.20. The molecule has 1 aliphatic rings. The number of hydrogen-bond donors (Lipinski definition) is 1. The molecule has 0 saturated carbocycles. The fraction of sp³-hybridized carbons (Fsp3) is 0.412. The molecule has 1 atom stereocenters. The van der Waals surface area contributed by atoms with E-state index in [-0.39, 0.29) is 11.8 Å². The molecule has 1 fully saturated rings. The van der Waals surface area contributed by atoms with Crippen LogP contribution in [0.1, 0.15) is 30.1 Å². The molecule has 0 bridgehead atoms. The Labute approximate surface area is 140 Å². The molecule has 0 radical (unpaired) electrons. The molecule has 2 aromatic rings. The van der Waals surface area contributed by atoms with E-state index in [9.17, 15) is 9.59 Å². The topological polar surface area (TPSA) is 80.1 Å². The molecule has 1 N–H and O–H groups in total. The summed E-state index contributed by atoms with van der Waals surface area (Å²) in [7, 11) is 3.42. The molecule has 0 spiro atoms. The first-order chi connectivity index (χ1) is 11.5. The number of nitrogens with zero attached hydrogens (tertiary/aromatic N) is 4. The average Bonchev–Trinajstić information content (AvgIpc) is 3.20. The third kappa shape index (κ3) is 2.55. The summed E-state index contributed by atoms with van der Waals surface area (Å²) in [5.74, 6) is 0.498. The van der Waals surface area contributed by atoms with E-state index in [1.54, 1.807) is 28.8 Å². The average molecular weight is 327 g/mol. The van der Waals surface area contributed by atoms with Crippen molar-refractivity contribution in [2.45, 2.75) is 25.3 Å². The predicted molar refractivity (Wildman–Crippen MR) is 89.2 cm³/mol. The van der Waals surface area contributed by atoms with Crippen molar-refractivity contribution in [1.29, 1.82) is 0 Å². The fourth-order valence-corrected chi connectivity index (χ4v) is 3.27. The zero-order valence-corrected chi connectivity index (χ0v) is 14.1. The molecule has 1 aromatic heterocycles. The first-order valence-corrected chi connectivity index (χ1v) is 7.96. The maximum atomic E-state index is 12.9. The van der Waals surface area contributed by atoms with Gasteiger partial charge in [-0.15, -0.1) is 0 Å². The van der Waals surface area contributed by atoms with Gasteiger partial charge in [0.15, 0.2) is 5.82 Å². The number of carbonyl (C=O) groups is 2. The largest absolute Gasteiger partial charge is 0.357 e. The van der Waals surface area contributed by atoms with Gasteiger partial charge >= 0.3 is 0 Å². The van der Waals surface area contributed by atoms with Gasteiger partial charge in [-0.2, -0.15) is 5.10 Å². The molecule has 2 heterocycles. The third-order valence-corrected chi connectivity index (χ3v) is 4.70. The quantitative estimate of drug-likeness (QED) is 0.919. The van der Waals surface area contributed by atoms with Gasteiger partial charge in [0, 0.05) is 31.8 Å². The summed E-state index contributed by atoms with van der Waals surface area (Å²) in [5, 5.41) is 6.71. The summed E-state index contributed by atoms with van der Waals surface area (Å²) in [6.07, 6.45) is 3.00. The lowest BCUT2D eigenvalue weighted by molar-refractivity contribution is -0.129. The number of likely N-dealkylation sites (N-methyl/N-ethyl adjacent to an activating group) is 1. The fourth-order valence-electron chi connectivity index (χ4n) is 3.27. The Kier molecular flexibility index (Phi) is 4.09. The Morgan fingerprint density at radius 3 is 2.54 bits per heavy atom. The van der Waals surface area contributed by atoms with E-state index in [4.69, 9.17) is 0 Å². The van der Waals surface area contributed by atoms with Crippen LogP contribution in [0.15, 0.2) is 30.6 Å². The van der Waals surface area contributed by atoms with E-state index < -0.39 is 5.54 Å². The first kappa shape index (κ1) is 16.2. The highest BCUT2D eigenvalue weighted by molar-refractivity contribution is 5.99. The minimum Gasteiger partial charge on any atom is -0.357 e. The molecular weight excluding hydrogens is 306 g/mol. The van der Waals surface area contributed by atoms with Crippen molar-refractivity contribution in [3.63, 3.8) is 0 Å². The van der Waals surface area contributed by atoms with Crippen molar-refractivity contribution in [3.8, 4) is 11.4 Å². The smallest absolute Gasteiger partial charge is 0.254 e. The summed E-state index contributed by atoms with van der Waals surface area (Å²) in [6.45, 7) is 2.42. The van der Waals surface area contributed by atoms with Crippen LogP contribution in [-0.2, 0) is 11.8 Å². The van der Waals surface area contributed by atoms with E-state index in [1.807, 2.05) is 26.1 Å². The highest BCUT2D eigenvalue weighted by Crippen LogP contribution is 2.31. The Hall–Kier alpha value is -2.70. The zero-order valence-electron chi connectivity index (χ0n) is 14.1. The standard InChI is InChI=1S/C17H21N5O2/c1-17(16(24)18-2)9-4-10-22(17)15(23)13-7-5-12(6-8-13)14-19-11-20-21(14)3/h5-8,11H,4,9-10H2,1-3H3,(H,18,24). The minimum atomic E-state index is -0.784. The number of rotatable bonds is 3. The van der Waals surface area contributed by atoms with E-state index in [0.29, 0.717) is 18.5 Å². The number of nitrogens with one attached hydrogen (secondary N) is 1. The maximum absolute atomic E-state index is 12.9. The van der Waals surface area contributed by atoms with Gasteiger partial charge in [0.2, 0.25) is 5.91 Å². The minimum absolute atomic E-state index is 0.121. The molecule has 7 nitrogen and oxygen atoms in total. The predicted octanol–water partition coefficient (Wildman–Crippen LogP) is 1.22. The summed E-state index contributed by atoms with van der Waals surface area (Å²) in [5.41, 5.74) is 0.675. The second kappa shape index (κ2) is 6.07. The number of hydrogen-bond acceptors (Lipinski definition) is 4. The zero-order chi connectivity index (χ0) is 17.3. The molecule has 0 aliphatic carbocycles. The second-order valence-corrected chi connectivity index (χ2v) is 6.20. The van der Waals surface area contributed by atoms with Crippen molar-refractivity contribution in [1.82, 2.24) is 25.0 Å². The van der Waals surface area contributed by atoms with Gasteiger partial charge in [-0.1, -0.05) is 12.1 Å². The van der Waals surface area contributed by atoms with Crippen molar-refractivity contribution >= 4 is 11.8 Å². The number of carbonyl (C=O) groups excluding carboxylic acids is 2. The summed E-state index contributed by atoms with van der Waals surface area (Å²) in [4.78, 5) is 30.9. The van der Waals surface area contributed by atoms with Crippen LogP contribution in [0.4, 0.5) is 0 Å². The third-order valence-electron chi connectivity index (χ3n) is 4.70. The van der Waals surface area contributed by atoms with Crippen LogP contribution in [0.25, 0.3) is 11.4 Å². The van der Waals surface area contributed by atoms with E-state index in [1.165, 1.54) is 6.33 Å². The van der Waals surface area contributed by atoms with Crippen LogP contribution in [0.5, 0.6) is 0 Å². The van der Waals surface area contributed by atoms with Gasteiger partial charge in [-0.3, -0.25) is 9.59 Å². The molecule has 1 aromatic carbocycles. The molecule has 1 aliphatic heterocycles. The number of likely N-dealkylation sites (tertiary alicyclic amines) is 1. The van der Waals surface area contributed by atoms with Crippen molar-refractivity contribution in [2.24, 2.45) is 7.05 Å². The van der Waals surface area contributed by atoms with Crippen LogP contribution in [-0.4, -0.2) is 50.6 Å². The van der Waals surface area contributed by atoms with Crippen LogP contribution >= 0.6 is 0 Å². The van der Waals surface area contributed by atoms with Gasteiger partial charge in [0.25, 0.3) is 5.91 Å². The molecule has 126 valence electrons. The molecular formula is C17H21N5O2. The molecule has 2 amide bonds.